The highest BCUT2D eigenvalue weighted by Gasteiger charge is 2.46. The monoisotopic (exact) mass is 314 g/mol. The molecule has 2 aliphatic rings. The molecule has 0 radical (unpaired) electrons. The van der Waals surface area contributed by atoms with E-state index in [1.165, 1.54) is 16.7 Å². The number of carbonyl (C=O) groups is 1. The van der Waals surface area contributed by atoms with E-state index in [2.05, 4.69) is 18.2 Å². The molecule has 0 aliphatic heterocycles. The number of ketones is 1. The summed E-state index contributed by atoms with van der Waals surface area (Å²) in [5.74, 6) is 1.13. The van der Waals surface area contributed by atoms with Crippen molar-refractivity contribution in [2.24, 2.45) is 5.41 Å². The highest BCUT2D eigenvalue weighted by atomic mass is 16.5. The van der Waals surface area contributed by atoms with Gasteiger partial charge in [-0.25, -0.2) is 0 Å². The van der Waals surface area contributed by atoms with Crippen molar-refractivity contribution in [1.29, 1.82) is 0 Å². The van der Waals surface area contributed by atoms with Crippen molar-refractivity contribution in [3.63, 3.8) is 0 Å². The van der Waals surface area contributed by atoms with Crippen molar-refractivity contribution < 1.29 is 14.6 Å². The third-order valence-corrected chi connectivity index (χ3v) is 5.73. The zero-order valence-corrected chi connectivity index (χ0v) is 14.1. The van der Waals surface area contributed by atoms with Gasteiger partial charge >= 0.3 is 0 Å². The number of Topliss-reactive ketones (excluding diaryl/α,β-unsaturated/α-hetero) is 1. The summed E-state index contributed by atoms with van der Waals surface area (Å²) in [6.45, 7) is 2.02. The van der Waals surface area contributed by atoms with Gasteiger partial charge in [-0.15, -0.1) is 0 Å². The highest BCUT2D eigenvalue weighted by molar-refractivity contribution is 5.88. The summed E-state index contributed by atoms with van der Waals surface area (Å²) < 4.78 is 5.32. The van der Waals surface area contributed by atoms with Gasteiger partial charge in [-0.3, -0.25) is 4.79 Å². The molecule has 124 valence electrons. The standard InChI is InChI=1S/C20H26O3/c1-3-20(18(21)9-10-19(20)22)12-11-14-5-4-6-15-13-16(23-2)7-8-17(14)15/h7-8,11,13,18,21H,3-6,9-10,12H2,1-2H3/b14-11+/t18-,20+/m1/s1. The number of hydrogen-bond acceptors (Lipinski definition) is 3. The Bertz CT molecular complexity index is 632. The number of ether oxygens (including phenoxy) is 1. The molecule has 0 unspecified atom stereocenters. The summed E-state index contributed by atoms with van der Waals surface area (Å²) in [7, 11) is 1.69. The van der Waals surface area contributed by atoms with Crippen molar-refractivity contribution in [3.8, 4) is 5.75 Å². The largest absolute Gasteiger partial charge is 0.497 e. The van der Waals surface area contributed by atoms with E-state index >= 15 is 0 Å². The second-order valence-electron chi connectivity index (χ2n) is 6.80. The van der Waals surface area contributed by atoms with E-state index in [9.17, 15) is 9.90 Å². The van der Waals surface area contributed by atoms with Gasteiger partial charge in [-0.05, 0) is 67.4 Å². The minimum absolute atomic E-state index is 0.232. The Hall–Kier alpha value is -1.61. The average Bonchev–Trinajstić information content (AvgIpc) is 2.87. The molecule has 1 aromatic carbocycles. The Kier molecular flexibility index (Phi) is 4.58. The number of methoxy groups -OCH3 is 1. The van der Waals surface area contributed by atoms with Crippen LogP contribution in [-0.2, 0) is 11.2 Å². The summed E-state index contributed by atoms with van der Waals surface area (Å²) in [5, 5.41) is 10.3. The lowest BCUT2D eigenvalue weighted by Crippen LogP contribution is -2.35. The molecule has 3 rings (SSSR count). The van der Waals surface area contributed by atoms with Gasteiger partial charge in [-0.2, -0.15) is 0 Å². The maximum atomic E-state index is 12.3. The first-order valence-electron chi connectivity index (χ1n) is 8.68. The molecule has 0 aromatic heterocycles. The topological polar surface area (TPSA) is 46.5 Å². The minimum atomic E-state index is -0.558. The smallest absolute Gasteiger partial charge is 0.142 e. The summed E-state index contributed by atoms with van der Waals surface area (Å²) in [4.78, 5) is 12.3. The third-order valence-electron chi connectivity index (χ3n) is 5.73. The van der Waals surface area contributed by atoms with Crippen molar-refractivity contribution in [1.82, 2.24) is 0 Å². The second kappa shape index (κ2) is 6.48. The number of aliphatic hydroxyl groups excluding tert-OH is 1. The van der Waals surface area contributed by atoms with Crippen molar-refractivity contribution in [3.05, 3.63) is 35.4 Å². The molecule has 0 spiro atoms. The van der Waals surface area contributed by atoms with Crippen LogP contribution in [0.2, 0.25) is 0 Å². The predicted molar refractivity (Wildman–Crippen MR) is 91.5 cm³/mol. The zero-order valence-electron chi connectivity index (χ0n) is 14.1. The van der Waals surface area contributed by atoms with Crippen LogP contribution in [0.4, 0.5) is 0 Å². The fourth-order valence-electron chi connectivity index (χ4n) is 4.14. The molecule has 1 N–H and O–H groups in total. The van der Waals surface area contributed by atoms with Crippen LogP contribution in [0.1, 0.15) is 56.6 Å². The molecule has 23 heavy (non-hydrogen) atoms. The van der Waals surface area contributed by atoms with Crippen LogP contribution in [0.15, 0.2) is 24.3 Å². The molecule has 1 fully saturated rings. The number of benzene rings is 1. The van der Waals surface area contributed by atoms with Gasteiger partial charge in [-0.1, -0.05) is 19.1 Å². The van der Waals surface area contributed by atoms with Crippen LogP contribution in [0, 0.1) is 5.41 Å². The van der Waals surface area contributed by atoms with Gasteiger partial charge in [0.1, 0.15) is 11.5 Å². The summed E-state index contributed by atoms with van der Waals surface area (Å²) >= 11 is 0. The van der Waals surface area contributed by atoms with E-state index in [4.69, 9.17) is 4.74 Å². The first-order chi connectivity index (χ1) is 11.1. The molecule has 0 saturated heterocycles. The number of rotatable bonds is 4. The normalized spacial score (nSPS) is 28.9. The third kappa shape index (κ3) is 2.83. The van der Waals surface area contributed by atoms with Crippen LogP contribution < -0.4 is 4.74 Å². The first kappa shape index (κ1) is 16.3. The Morgan fingerprint density at radius 1 is 1.35 bits per heavy atom. The van der Waals surface area contributed by atoms with E-state index in [0.29, 0.717) is 25.7 Å². The lowest BCUT2D eigenvalue weighted by molar-refractivity contribution is -0.129. The Balaban J connectivity index is 1.88. The van der Waals surface area contributed by atoms with Gasteiger partial charge < -0.3 is 9.84 Å². The van der Waals surface area contributed by atoms with Gasteiger partial charge in [0.25, 0.3) is 0 Å². The van der Waals surface area contributed by atoms with Crippen LogP contribution in [0.3, 0.4) is 0 Å². The molecule has 3 heteroatoms. The molecular formula is C20H26O3. The molecule has 1 saturated carbocycles. The highest BCUT2D eigenvalue weighted by Crippen LogP contribution is 2.43. The number of aliphatic hydroxyl groups is 1. The molecule has 3 nitrogen and oxygen atoms in total. The van der Waals surface area contributed by atoms with Crippen molar-refractivity contribution >= 4 is 11.4 Å². The SMILES string of the molecule is CC[C@@]1(C/C=C2\CCCc3cc(OC)ccc32)C(=O)CC[C@H]1O. The lowest BCUT2D eigenvalue weighted by Gasteiger charge is -2.29. The van der Waals surface area contributed by atoms with Crippen molar-refractivity contribution in [2.75, 3.05) is 7.11 Å². The number of hydrogen-bond donors (Lipinski definition) is 1. The van der Waals surface area contributed by atoms with Crippen LogP contribution >= 0.6 is 0 Å². The van der Waals surface area contributed by atoms with E-state index < -0.39 is 11.5 Å². The average molecular weight is 314 g/mol. The van der Waals surface area contributed by atoms with Crippen LogP contribution in [0.5, 0.6) is 5.75 Å². The van der Waals surface area contributed by atoms with Crippen LogP contribution in [-0.4, -0.2) is 24.1 Å². The van der Waals surface area contributed by atoms with E-state index in [0.717, 1.165) is 25.0 Å². The van der Waals surface area contributed by atoms with E-state index in [1.54, 1.807) is 7.11 Å². The maximum absolute atomic E-state index is 12.3. The van der Waals surface area contributed by atoms with E-state index in [1.807, 2.05) is 13.0 Å². The predicted octanol–water partition coefficient (Wildman–Crippen LogP) is 3.93. The number of fused-ring (bicyclic) bond motifs is 1. The van der Waals surface area contributed by atoms with Gasteiger partial charge in [0.2, 0.25) is 0 Å². The molecule has 1 aromatic rings. The van der Waals surface area contributed by atoms with Gasteiger partial charge in [0.05, 0.1) is 18.6 Å². The molecule has 2 aliphatic carbocycles. The minimum Gasteiger partial charge on any atom is -0.497 e. The Morgan fingerprint density at radius 2 is 2.17 bits per heavy atom. The summed E-state index contributed by atoms with van der Waals surface area (Å²) in [6.07, 6.45) is 7.47. The number of aryl methyl sites for hydroxylation is 1. The quantitative estimate of drug-likeness (QED) is 0.916. The molecule has 2 atom stereocenters. The maximum Gasteiger partial charge on any atom is 0.142 e. The molecule has 0 amide bonds. The summed E-state index contributed by atoms with van der Waals surface area (Å²) in [5.41, 5.74) is 3.36. The van der Waals surface area contributed by atoms with Crippen molar-refractivity contribution in [2.45, 2.75) is 58.0 Å². The molecule has 0 heterocycles. The molecule has 0 bridgehead atoms. The molecular weight excluding hydrogens is 288 g/mol. The number of allylic oxidation sites excluding steroid dienone is 2. The Labute approximate surface area is 138 Å². The zero-order chi connectivity index (χ0) is 16.4. The van der Waals surface area contributed by atoms with Gasteiger partial charge in [0, 0.05) is 6.42 Å². The summed E-state index contributed by atoms with van der Waals surface area (Å²) in [6, 6.07) is 6.25. The fourth-order valence-corrected chi connectivity index (χ4v) is 4.14. The first-order valence-corrected chi connectivity index (χ1v) is 8.68. The fraction of sp³-hybridized carbons (Fsp3) is 0.550. The number of carbonyl (C=O) groups excluding carboxylic acids is 1. The second-order valence-corrected chi connectivity index (χ2v) is 6.80. The van der Waals surface area contributed by atoms with E-state index in [-0.39, 0.29) is 5.78 Å². The lowest BCUT2D eigenvalue weighted by atomic mass is 9.76. The van der Waals surface area contributed by atoms with Gasteiger partial charge in [0.15, 0.2) is 0 Å². The Morgan fingerprint density at radius 3 is 2.83 bits per heavy atom. The van der Waals surface area contributed by atoms with Crippen LogP contribution in [0.25, 0.3) is 5.57 Å².